The molecule has 186 valence electrons. The molecule has 3 aromatic carbocycles. The second kappa shape index (κ2) is 10.0. The molecular formula is C28H36N4O2S. The van der Waals surface area contributed by atoms with Gasteiger partial charge in [-0.2, -0.15) is 0 Å². The van der Waals surface area contributed by atoms with Crippen LogP contribution in [0.25, 0.3) is 0 Å². The minimum atomic E-state index is -1.31. The number of hydrogen-bond donors (Lipinski definition) is 2. The Morgan fingerprint density at radius 2 is 1.83 bits per heavy atom. The Balaban J connectivity index is 1.61. The van der Waals surface area contributed by atoms with E-state index in [0.29, 0.717) is 25.4 Å². The van der Waals surface area contributed by atoms with E-state index in [1.807, 2.05) is 62.3 Å². The lowest BCUT2D eigenvalue weighted by atomic mass is 9.96. The number of hydrogen-bond acceptors (Lipinski definition) is 5. The molecule has 1 aliphatic rings. The van der Waals surface area contributed by atoms with E-state index in [2.05, 4.69) is 31.2 Å². The summed E-state index contributed by atoms with van der Waals surface area (Å²) >= 11 is 0. The third-order valence-electron chi connectivity index (χ3n) is 6.62. The van der Waals surface area contributed by atoms with Gasteiger partial charge < -0.3 is 15.5 Å². The molecule has 1 atom stereocenters. The fourth-order valence-corrected chi connectivity index (χ4v) is 5.97. The van der Waals surface area contributed by atoms with E-state index in [1.54, 1.807) is 5.01 Å². The van der Waals surface area contributed by atoms with Crippen LogP contribution in [0.5, 0.6) is 5.75 Å². The number of nitrogens with zero attached hydrogens (tertiary/aromatic N) is 2. The lowest BCUT2D eigenvalue weighted by Crippen LogP contribution is -2.41. The van der Waals surface area contributed by atoms with Crippen molar-refractivity contribution in [3.63, 3.8) is 0 Å². The van der Waals surface area contributed by atoms with Crippen LogP contribution in [0.3, 0.4) is 0 Å². The largest absolute Gasteiger partial charge is 0.485 e. The zero-order chi connectivity index (χ0) is 25.3. The second-order valence-electron chi connectivity index (χ2n) is 9.86. The molecule has 0 spiro atoms. The van der Waals surface area contributed by atoms with Crippen molar-refractivity contribution in [2.75, 3.05) is 23.8 Å². The highest BCUT2D eigenvalue weighted by Crippen LogP contribution is 2.34. The third-order valence-corrected chi connectivity index (χ3v) is 8.06. The van der Waals surface area contributed by atoms with Gasteiger partial charge in [-0.25, -0.2) is 14.4 Å². The highest BCUT2D eigenvalue weighted by Gasteiger charge is 2.33. The first-order chi connectivity index (χ1) is 16.6. The topological polar surface area (TPSA) is 84.8 Å². The zero-order valence-corrected chi connectivity index (χ0v) is 22.1. The standard InChI is InChI=1S/C28H36N4O2S/c1-6-32(30)24-14-13-22(20(3)27(24)29)15-21-12-11-19(2)23(16-21)17-31-18-28(4,5)34-25-9-7-8-10-26(25)35(31)33/h7-14,16H,6,15,17-18,29-30H2,1-5H3. The van der Waals surface area contributed by atoms with Crippen molar-refractivity contribution in [2.24, 2.45) is 5.84 Å². The van der Waals surface area contributed by atoms with Gasteiger partial charge in [-0.05, 0) is 87.1 Å². The fraction of sp³-hybridized carbons (Fsp3) is 0.357. The summed E-state index contributed by atoms with van der Waals surface area (Å²) in [4.78, 5) is 0.721. The fourth-order valence-electron chi connectivity index (χ4n) is 4.53. The van der Waals surface area contributed by atoms with Crippen LogP contribution >= 0.6 is 0 Å². The number of benzene rings is 3. The quantitative estimate of drug-likeness (QED) is 0.291. The van der Waals surface area contributed by atoms with E-state index in [9.17, 15) is 4.21 Å². The number of ether oxygens (including phenoxy) is 1. The first-order valence-corrected chi connectivity index (χ1v) is 13.1. The number of anilines is 2. The number of fused-ring (bicyclic) bond motifs is 1. The lowest BCUT2D eigenvalue weighted by Gasteiger charge is -2.28. The average molecular weight is 493 g/mol. The summed E-state index contributed by atoms with van der Waals surface area (Å²) in [6.07, 6.45) is 0.765. The van der Waals surface area contributed by atoms with E-state index in [1.165, 1.54) is 16.7 Å². The Bertz CT molecular complexity index is 1260. The molecule has 0 amide bonds. The summed E-state index contributed by atoms with van der Waals surface area (Å²) < 4.78 is 21.8. The minimum Gasteiger partial charge on any atom is -0.485 e. The molecule has 0 radical (unpaired) electrons. The molecule has 6 nitrogen and oxygen atoms in total. The SMILES string of the molecule is CCN(N)c1ccc(Cc2ccc(C)c(CN3CC(C)(C)Oc4ccccc4S3=O)c2)c(C)c1N. The number of rotatable bonds is 6. The molecule has 0 saturated carbocycles. The van der Waals surface area contributed by atoms with Crippen molar-refractivity contribution >= 4 is 22.4 Å². The Kier molecular flexibility index (Phi) is 7.22. The number of nitrogens with two attached hydrogens (primary N) is 2. The average Bonchev–Trinajstić information content (AvgIpc) is 2.92. The summed E-state index contributed by atoms with van der Waals surface area (Å²) in [6, 6.07) is 18.2. The summed E-state index contributed by atoms with van der Waals surface area (Å²) in [5.74, 6) is 6.77. The molecular weight excluding hydrogens is 456 g/mol. The first kappa shape index (κ1) is 25.2. The van der Waals surface area contributed by atoms with Gasteiger partial charge in [0.25, 0.3) is 0 Å². The molecule has 0 bridgehead atoms. The molecule has 4 rings (SSSR count). The Labute approximate surface area is 211 Å². The summed E-state index contributed by atoms with van der Waals surface area (Å²) in [5, 5.41) is 1.67. The van der Waals surface area contributed by atoms with Gasteiger partial charge in [0.1, 0.15) is 22.3 Å². The van der Waals surface area contributed by atoms with E-state index in [0.717, 1.165) is 33.8 Å². The normalized spacial score (nSPS) is 17.4. The van der Waals surface area contributed by atoms with Crippen LogP contribution in [0.1, 0.15) is 48.6 Å². The van der Waals surface area contributed by atoms with Gasteiger partial charge in [0.05, 0.1) is 22.8 Å². The van der Waals surface area contributed by atoms with Crippen LogP contribution in [0.15, 0.2) is 59.5 Å². The zero-order valence-electron chi connectivity index (χ0n) is 21.3. The number of para-hydroxylation sites is 1. The van der Waals surface area contributed by atoms with Crippen LogP contribution in [0.2, 0.25) is 0 Å². The van der Waals surface area contributed by atoms with Gasteiger partial charge in [-0.3, -0.25) is 0 Å². The van der Waals surface area contributed by atoms with E-state index >= 15 is 0 Å². The highest BCUT2D eigenvalue weighted by molar-refractivity contribution is 7.82. The van der Waals surface area contributed by atoms with Crippen molar-refractivity contribution in [2.45, 2.75) is 58.1 Å². The molecule has 1 heterocycles. The molecule has 1 unspecified atom stereocenters. The van der Waals surface area contributed by atoms with Crippen molar-refractivity contribution < 1.29 is 8.95 Å². The molecule has 35 heavy (non-hydrogen) atoms. The van der Waals surface area contributed by atoms with Crippen molar-refractivity contribution in [1.29, 1.82) is 0 Å². The second-order valence-corrected chi connectivity index (χ2v) is 11.3. The first-order valence-electron chi connectivity index (χ1n) is 12.0. The van der Waals surface area contributed by atoms with E-state index < -0.39 is 16.6 Å². The Morgan fingerprint density at radius 1 is 1.09 bits per heavy atom. The van der Waals surface area contributed by atoms with Gasteiger partial charge in [-0.15, -0.1) is 0 Å². The van der Waals surface area contributed by atoms with Crippen molar-refractivity contribution in [3.8, 4) is 5.75 Å². The van der Waals surface area contributed by atoms with Crippen molar-refractivity contribution in [1.82, 2.24) is 4.31 Å². The summed E-state index contributed by atoms with van der Waals surface area (Å²) in [6.45, 7) is 12.1. The molecule has 0 saturated heterocycles. The van der Waals surface area contributed by atoms with Gasteiger partial charge in [0, 0.05) is 13.1 Å². The van der Waals surface area contributed by atoms with Crippen LogP contribution in [-0.2, 0) is 24.0 Å². The van der Waals surface area contributed by atoms with Crippen molar-refractivity contribution in [3.05, 3.63) is 82.4 Å². The Hall–Kier alpha value is -2.87. The smallest absolute Gasteiger partial charge is 0.137 e. The molecule has 0 aliphatic carbocycles. The van der Waals surface area contributed by atoms with E-state index in [4.69, 9.17) is 16.3 Å². The highest BCUT2D eigenvalue weighted by atomic mass is 32.2. The van der Waals surface area contributed by atoms with Gasteiger partial charge in [0.2, 0.25) is 0 Å². The molecule has 0 fully saturated rings. The molecule has 4 N–H and O–H groups in total. The maximum Gasteiger partial charge on any atom is 0.137 e. The monoisotopic (exact) mass is 492 g/mol. The molecule has 7 heteroatoms. The van der Waals surface area contributed by atoms with Gasteiger partial charge in [0.15, 0.2) is 0 Å². The maximum absolute atomic E-state index is 13.5. The van der Waals surface area contributed by atoms with Gasteiger partial charge in [-0.1, -0.05) is 36.4 Å². The molecule has 1 aliphatic heterocycles. The minimum absolute atomic E-state index is 0.459. The van der Waals surface area contributed by atoms with Gasteiger partial charge >= 0.3 is 0 Å². The Morgan fingerprint density at radius 3 is 2.57 bits per heavy atom. The predicted molar refractivity (Wildman–Crippen MR) is 145 cm³/mol. The lowest BCUT2D eigenvalue weighted by molar-refractivity contribution is 0.0880. The number of aryl methyl sites for hydroxylation is 1. The molecule has 3 aromatic rings. The van der Waals surface area contributed by atoms with Crippen LogP contribution in [0.4, 0.5) is 11.4 Å². The van der Waals surface area contributed by atoms with Crippen LogP contribution in [0, 0.1) is 13.8 Å². The maximum atomic E-state index is 13.5. The summed E-state index contributed by atoms with van der Waals surface area (Å²) in [7, 11) is -1.31. The summed E-state index contributed by atoms with van der Waals surface area (Å²) in [5.41, 5.74) is 13.3. The predicted octanol–water partition coefficient (Wildman–Crippen LogP) is 4.87. The third kappa shape index (κ3) is 5.37. The van der Waals surface area contributed by atoms with Crippen LogP contribution in [-0.4, -0.2) is 27.2 Å². The van der Waals surface area contributed by atoms with Crippen LogP contribution < -0.4 is 21.3 Å². The van der Waals surface area contributed by atoms with E-state index in [-0.39, 0.29) is 0 Å². The molecule has 0 aromatic heterocycles. The number of nitrogen functional groups attached to an aromatic ring is 1. The number of hydrazine groups is 1.